The Morgan fingerprint density at radius 3 is 2.12 bits per heavy atom. The summed E-state index contributed by atoms with van der Waals surface area (Å²) in [6.07, 6.45) is 0. The van der Waals surface area contributed by atoms with E-state index in [0.29, 0.717) is 5.56 Å². The lowest BCUT2D eigenvalue weighted by Gasteiger charge is -2.04. The number of hydrogen-bond acceptors (Lipinski definition) is 4. The maximum Gasteiger partial charge on any atom is 0.374 e. The number of ether oxygens (including phenoxy) is 1. The molecule has 0 radical (unpaired) electrons. The van der Waals surface area contributed by atoms with E-state index in [4.69, 9.17) is 0 Å². The van der Waals surface area contributed by atoms with Crippen LogP contribution in [0.2, 0.25) is 0 Å². The fraction of sp³-hybridized carbons (Fsp3) is 0.250. The number of ketones is 2. The Hall–Kier alpha value is -2.75. The quantitative estimate of drug-likeness (QED) is 0.482. The summed E-state index contributed by atoms with van der Waals surface area (Å²) in [4.78, 5) is 36.9. The van der Waals surface area contributed by atoms with Gasteiger partial charge in [-0.2, -0.15) is 0 Å². The van der Waals surface area contributed by atoms with Crippen LogP contribution in [0.1, 0.15) is 27.4 Å². The first-order chi connectivity index (χ1) is 11.6. The number of methoxy groups -OCH3 is 1. The Morgan fingerprint density at radius 2 is 1.50 bits per heavy atom. The van der Waals surface area contributed by atoms with Crippen molar-refractivity contribution < 1.29 is 19.1 Å². The molecule has 122 valence electrons. The molecule has 0 heterocycles. The number of carbonyl (C=O) groups is 3. The van der Waals surface area contributed by atoms with Crippen LogP contribution in [0.3, 0.4) is 0 Å². The molecule has 2 aromatic rings. The molecule has 0 amide bonds. The molecular weight excluding hydrogens is 304 g/mol. The summed E-state index contributed by atoms with van der Waals surface area (Å²) >= 11 is 0. The van der Waals surface area contributed by atoms with E-state index in [1.807, 2.05) is 49.4 Å². The third-order valence-corrected chi connectivity index (χ3v) is 4.61. The second-order valence-electron chi connectivity index (χ2n) is 6.02. The highest BCUT2D eigenvalue weighted by molar-refractivity contribution is 6.36. The van der Waals surface area contributed by atoms with Gasteiger partial charge in [0.1, 0.15) is 0 Å². The largest absolute Gasteiger partial charge is 0.463 e. The van der Waals surface area contributed by atoms with Crippen LogP contribution in [0.5, 0.6) is 0 Å². The molecule has 4 heteroatoms. The normalized spacial score (nSPS) is 21.8. The lowest BCUT2D eigenvalue weighted by atomic mass is 9.99. The van der Waals surface area contributed by atoms with Gasteiger partial charge in [-0.1, -0.05) is 54.6 Å². The van der Waals surface area contributed by atoms with E-state index in [9.17, 15) is 14.4 Å². The molecule has 24 heavy (non-hydrogen) atoms. The average molecular weight is 322 g/mol. The number of benzene rings is 2. The molecule has 1 aliphatic carbocycles. The molecule has 0 aliphatic heterocycles. The molecule has 0 saturated heterocycles. The van der Waals surface area contributed by atoms with E-state index >= 15 is 0 Å². The molecule has 1 fully saturated rings. The maximum absolute atomic E-state index is 12.9. The van der Waals surface area contributed by atoms with E-state index in [1.54, 1.807) is 12.1 Å². The Labute approximate surface area is 140 Å². The molecule has 0 aromatic heterocycles. The topological polar surface area (TPSA) is 60.4 Å². The second-order valence-corrected chi connectivity index (χ2v) is 6.02. The molecule has 3 atom stereocenters. The fourth-order valence-corrected chi connectivity index (χ4v) is 3.32. The van der Waals surface area contributed by atoms with Crippen molar-refractivity contribution in [2.45, 2.75) is 12.8 Å². The second kappa shape index (κ2) is 6.40. The van der Waals surface area contributed by atoms with E-state index in [1.165, 1.54) is 7.11 Å². The van der Waals surface area contributed by atoms with Gasteiger partial charge in [0.15, 0.2) is 5.78 Å². The molecule has 3 rings (SSSR count). The molecule has 0 spiro atoms. The summed E-state index contributed by atoms with van der Waals surface area (Å²) in [7, 11) is 1.18. The number of carbonyl (C=O) groups excluding carboxylic acids is 3. The lowest BCUT2D eigenvalue weighted by molar-refractivity contribution is -0.152. The number of esters is 1. The molecule has 0 N–H and O–H groups in total. The molecular formula is C20H18O4. The van der Waals surface area contributed by atoms with Crippen LogP contribution in [0.15, 0.2) is 54.6 Å². The predicted molar refractivity (Wildman–Crippen MR) is 88.7 cm³/mol. The first kappa shape index (κ1) is 16.1. The molecule has 0 unspecified atom stereocenters. The van der Waals surface area contributed by atoms with Crippen molar-refractivity contribution in [2.24, 2.45) is 11.8 Å². The van der Waals surface area contributed by atoms with E-state index in [0.717, 1.165) is 11.1 Å². The van der Waals surface area contributed by atoms with Crippen molar-refractivity contribution in [1.29, 1.82) is 0 Å². The standard InChI is InChI=1S/C20H18O4/c1-12-8-6-7-11-14(12)18(21)16-15(13-9-4-3-5-10-13)17(16)19(22)20(23)24-2/h3-11,15-17H,1-2H3/t15-,16-,17+/m0/s1. The van der Waals surface area contributed by atoms with E-state index in [2.05, 4.69) is 4.74 Å². The third kappa shape index (κ3) is 2.75. The van der Waals surface area contributed by atoms with Crippen molar-refractivity contribution in [1.82, 2.24) is 0 Å². The fourth-order valence-electron chi connectivity index (χ4n) is 3.32. The summed E-state index contributed by atoms with van der Waals surface area (Å²) in [5, 5.41) is 0. The third-order valence-electron chi connectivity index (χ3n) is 4.61. The summed E-state index contributed by atoms with van der Waals surface area (Å²) in [5.41, 5.74) is 2.36. The van der Waals surface area contributed by atoms with Crippen LogP contribution in [-0.2, 0) is 14.3 Å². The van der Waals surface area contributed by atoms with Gasteiger partial charge in [-0.15, -0.1) is 0 Å². The summed E-state index contributed by atoms with van der Waals surface area (Å²) in [6.45, 7) is 1.87. The molecule has 1 aliphatic rings. The number of aryl methyl sites for hydroxylation is 1. The van der Waals surface area contributed by atoms with Gasteiger partial charge in [-0.25, -0.2) is 4.79 Å². The van der Waals surface area contributed by atoms with Crippen molar-refractivity contribution in [3.8, 4) is 0 Å². The highest BCUT2D eigenvalue weighted by atomic mass is 16.5. The van der Waals surface area contributed by atoms with Crippen LogP contribution in [0.4, 0.5) is 0 Å². The smallest absolute Gasteiger partial charge is 0.374 e. The van der Waals surface area contributed by atoms with Gasteiger partial charge >= 0.3 is 5.97 Å². The van der Waals surface area contributed by atoms with Gasteiger partial charge in [0.05, 0.1) is 7.11 Å². The monoisotopic (exact) mass is 322 g/mol. The molecule has 0 bridgehead atoms. The molecule has 1 saturated carbocycles. The molecule has 2 aromatic carbocycles. The van der Waals surface area contributed by atoms with Crippen molar-refractivity contribution in [2.75, 3.05) is 7.11 Å². The van der Waals surface area contributed by atoms with Crippen LogP contribution in [0, 0.1) is 18.8 Å². The minimum Gasteiger partial charge on any atom is -0.463 e. The SMILES string of the molecule is COC(=O)C(=O)[C@H]1[C@@H](C(=O)c2ccccc2C)[C@@H]1c1ccccc1. The Bertz CT molecular complexity index is 794. The first-order valence-electron chi connectivity index (χ1n) is 7.83. The predicted octanol–water partition coefficient (Wildman–Crippen LogP) is 2.95. The van der Waals surface area contributed by atoms with Crippen LogP contribution in [-0.4, -0.2) is 24.6 Å². The Balaban J connectivity index is 1.95. The summed E-state index contributed by atoms with van der Waals surface area (Å²) in [6, 6.07) is 16.7. The summed E-state index contributed by atoms with van der Waals surface area (Å²) < 4.78 is 4.56. The van der Waals surface area contributed by atoms with Crippen LogP contribution < -0.4 is 0 Å². The average Bonchev–Trinajstić information content (AvgIpc) is 3.36. The minimum atomic E-state index is -0.888. The zero-order valence-corrected chi connectivity index (χ0v) is 13.6. The highest BCUT2D eigenvalue weighted by Crippen LogP contribution is 2.56. The number of rotatable bonds is 5. The number of hydrogen-bond donors (Lipinski definition) is 0. The van der Waals surface area contributed by atoms with Gasteiger partial charge in [0.25, 0.3) is 0 Å². The van der Waals surface area contributed by atoms with Crippen molar-refractivity contribution in [3.63, 3.8) is 0 Å². The zero-order valence-electron chi connectivity index (χ0n) is 13.6. The maximum atomic E-state index is 12.9. The van der Waals surface area contributed by atoms with Crippen molar-refractivity contribution in [3.05, 3.63) is 71.3 Å². The van der Waals surface area contributed by atoms with Crippen molar-refractivity contribution >= 4 is 17.5 Å². The lowest BCUT2D eigenvalue weighted by Crippen LogP contribution is -2.20. The summed E-state index contributed by atoms with van der Waals surface area (Å²) in [5.74, 6) is -3.04. The first-order valence-corrected chi connectivity index (χ1v) is 7.83. The van der Waals surface area contributed by atoms with Gasteiger partial charge < -0.3 is 4.74 Å². The van der Waals surface area contributed by atoms with Gasteiger partial charge in [0, 0.05) is 23.3 Å². The number of Topliss-reactive ketones (excluding diaryl/α,β-unsaturated/α-hetero) is 2. The van der Waals surface area contributed by atoms with Gasteiger partial charge in [-0.3, -0.25) is 9.59 Å². The van der Waals surface area contributed by atoms with Crippen LogP contribution >= 0.6 is 0 Å². The highest BCUT2D eigenvalue weighted by Gasteiger charge is 2.60. The Kier molecular flexibility index (Phi) is 4.30. The zero-order chi connectivity index (χ0) is 17.3. The van der Waals surface area contributed by atoms with Gasteiger partial charge in [-0.05, 0) is 18.1 Å². The Morgan fingerprint density at radius 1 is 0.875 bits per heavy atom. The van der Waals surface area contributed by atoms with E-state index < -0.39 is 23.6 Å². The van der Waals surface area contributed by atoms with Crippen LogP contribution in [0.25, 0.3) is 0 Å². The van der Waals surface area contributed by atoms with E-state index in [-0.39, 0.29) is 11.7 Å². The van der Waals surface area contributed by atoms with Gasteiger partial charge in [0.2, 0.25) is 5.78 Å². The minimum absolute atomic E-state index is 0.0933. The molecule has 4 nitrogen and oxygen atoms in total.